The van der Waals surface area contributed by atoms with E-state index >= 15 is 0 Å². The van der Waals surface area contributed by atoms with Gasteiger partial charge in [-0.1, -0.05) is 6.07 Å². The molecule has 1 aliphatic rings. The second-order valence-electron chi connectivity index (χ2n) is 4.84. The maximum Gasteiger partial charge on any atom is 0.139 e. The molecule has 0 atom stereocenters. The monoisotopic (exact) mass is 296 g/mol. The number of rotatable bonds is 6. The average Bonchev–Trinajstić information content (AvgIpc) is 2.52. The predicted octanol–water partition coefficient (Wildman–Crippen LogP) is 1.87. The van der Waals surface area contributed by atoms with Gasteiger partial charge in [-0.3, -0.25) is 0 Å². The highest BCUT2D eigenvalue weighted by Crippen LogP contribution is 2.39. The fourth-order valence-corrected chi connectivity index (χ4v) is 3.33. The van der Waals surface area contributed by atoms with E-state index in [-0.39, 0.29) is 0 Å². The third kappa shape index (κ3) is 3.59. The van der Waals surface area contributed by atoms with Crippen molar-refractivity contribution in [2.45, 2.75) is 11.3 Å². The SMILES string of the molecule is COc1ccc(CCN2CCNCC2)c(OC)c1SC. The van der Waals surface area contributed by atoms with Gasteiger partial charge in [0.25, 0.3) is 0 Å². The Bertz CT molecular complexity index is 434. The maximum atomic E-state index is 5.62. The second-order valence-corrected chi connectivity index (χ2v) is 5.65. The first-order valence-corrected chi connectivity index (χ1v) is 8.23. The number of nitrogens with one attached hydrogen (secondary N) is 1. The van der Waals surface area contributed by atoms with Gasteiger partial charge in [0.15, 0.2) is 0 Å². The molecule has 1 aromatic carbocycles. The fraction of sp³-hybridized carbons (Fsp3) is 0.600. The lowest BCUT2D eigenvalue weighted by atomic mass is 10.1. The minimum absolute atomic E-state index is 0.889. The number of hydrogen-bond acceptors (Lipinski definition) is 5. The third-order valence-corrected chi connectivity index (χ3v) is 4.49. The van der Waals surface area contributed by atoms with Crippen molar-refractivity contribution in [3.63, 3.8) is 0 Å². The van der Waals surface area contributed by atoms with Crippen LogP contribution in [0.3, 0.4) is 0 Å². The van der Waals surface area contributed by atoms with Crippen LogP contribution in [-0.2, 0) is 6.42 Å². The Morgan fingerprint density at radius 2 is 1.95 bits per heavy atom. The molecule has 1 aromatic rings. The molecule has 0 saturated carbocycles. The van der Waals surface area contributed by atoms with Crippen LogP contribution in [0.2, 0.25) is 0 Å². The molecule has 1 aliphatic heterocycles. The highest BCUT2D eigenvalue weighted by Gasteiger charge is 2.16. The van der Waals surface area contributed by atoms with Crippen LogP contribution in [0.4, 0.5) is 0 Å². The van der Waals surface area contributed by atoms with Gasteiger partial charge in [-0.05, 0) is 24.3 Å². The molecule has 0 radical (unpaired) electrons. The highest BCUT2D eigenvalue weighted by molar-refractivity contribution is 7.98. The number of piperazine rings is 1. The maximum absolute atomic E-state index is 5.62. The number of benzene rings is 1. The Morgan fingerprint density at radius 1 is 1.20 bits per heavy atom. The number of thioether (sulfide) groups is 1. The molecule has 1 heterocycles. The van der Waals surface area contributed by atoms with E-state index in [0.717, 1.165) is 55.5 Å². The normalized spacial score (nSPS) is 16.1. The average molecular weight is 296 g/mol. The van der Waals surface area contributed by atoms with E-state index in [1.54, 1.807) is 26.0 Å². The van der Waals surface area contributed by atoms with Gasteiger partial charge in [0.2, 0.25) is 0 Å². The van der Waals surface area contributed by atoms with Crippen LogP contribution in [0.25, 0.3) is 0 Å². The van der Waals surface area contributed by atoms with Crippen LogP contribution in [0, 0.1) is 0 Å². The van der Waals surface area contributed by atoms with E-state index < -0.39 is 0 Å². The second kappa shape index (κ2) is 7.76. The lowest BCUT2D eigenvalue weighted by molar-refractivity contribution is 0.243. The molecular weight excluding hydrogens is 272 g/mol. The van der Waals surface area contributed by atoms with Crippen molar-refractivity contribution in [3.8, 4) is 11.5 Å². The summed E-state index contributed by atoms with van der Waals surface area (Å²) in [5.41, 5.74) is 1.26. The van der Waals surface area contributed by atoms with Gasteiger partial charge in [-0.2, -0.15) is 0 Å². The quantitative estimate of drug-likeness (QED) is 0.811. The number of methoxy groups -OCH3 is 2. The fourth-order valence-electron chi connectivity index (χ4n) is 2.57. The van der Waals surface area contributed by atoms with Crippen LogP contribution < -0.4 is 14.8 Å². The summed E-state index contributed by atoms with van der Waals surface area (Å²) in [4.78, 5) is 3.59. The Balaban J connectivity index is 2.10. The minimum Gasteiger partial charge on any atom is -0.495 e. The molecule has 4 nitrogen and oxygen atoms in total. The molecule has 0 bridgehead atoms. The lowest BCUT2D eigenvalue weighted by Crippen LogP contribution is -2.44. The molecule has 2 rings (SSSR count). The zero-order valence-electron chi connectivity index (χ0n) is 12.6. The van der Waals surface area contributed by atoms with Gasteiger partial charge in [0.05, 0.1) is 19.1 Å². The Labute approximate surface area is 125 Å². The largest absolute Gasteiger partial charge is 0.495 e. The van der Waals surface area contributed by atoms with Gasteiger partial charge in [0.1, 0.15) is 11.5 Å². The van der Waals surface area contributed by atoms with E-state index in [2.05, 4.69) is 22.5 Å². The summed E-state index contributed by atoms with van der Waals surface area (Å²) in [6, 6.07) is 4.17. The van der Waals surface area contributed by atoms with Crippen molar-refractivity contribution in [2.24, 2.45) is 0 Å². The molecule has 1 saturated heterocycles. The van der Waals surface area contributed by atoms with Crippen molar-refractivity contribution in [2.75, 3.05) is 53.2 Å². The van der Waals surface area contributed by atoms with Crippen LogP contribution in [0.15, 0.2) is 17.0 Å². The van der Waals surface area contributed by atoms with E-state index in [4.69, 9.17) is 9.47 Å². The zero-order chi connectivity index (χ0) is 14.4. The predicted molar refractivity (Wildman–Crippen MR) is 84.3 cm³/mol. The van der Waals surface area contributed by atoms with Gasteiger partial charge >= 0.3 is 0 Å². The Hall–Kier alpha value is -0.910. The first kappa shape index (κ1) is 15.5. The van der Waals surface area contributed by atoms with Crippen molar-refractivity contribution >= 4 is 11.8 Å². The topological polar surface area (TPSA) is 33.7 Å². The third-order valence-electron chi connectivity index (χ3n) is 3.69. The Morgan fingerprint density at radius 3 is 2.55 bits per heavy atom. The lowest BCUT2D eigenvalue weighted by Gasteiger charge is -2.27. The summed E-state index contributed by atoms with van der Waals surface area (Å²) >= 11 is 1.67. The Kier molecular flexibility index (Phi) is 6.01. The van der Waals surface area contributed by atoms with Crippen LogP contribution in [-0.4, -0.2) is 58.1 Å². The molecule has 20 heavy (non-hydrogen) atoms. The van der Waals surface area contributed by atoms with Gasteiger partial charge in [-0.15, -0.1) is 11.8 Å². The summed E-state index contributed by atoms with van der Waals surface area (Å²) in [6.45, 7) is 5.53. The zero-order valence-corrected chi connectivity index (χ0v) is 13.4. The molecule has 0 spiro atoms. The molecule has 0 aliphatic carbocycles. The molecule has 1 N–H and O–H groups in total. The molecular formula is C15H24N2O2S. The van der Waals surface area contributed by atoms with Crippen LogP contribution in [0.1, 0.15) is 5.56 Å². The summed E-state index contributed by atoms with van der Waals surface area (Å²) in [5, 5.41) is 3.38. The number of hydrogen-bond donors (Lipinski definition) is 1. The number of nitrogens with zero attached hydrogens (tertiary/aromatic N) is 1. The molecule has 1 fully saturated rings. The summed E-state index contributed by atoms with van der Waals surface area (Å²) in [7, 11) is 3.44. The minimum atomic E-state index is 0.889. The van der Waals surface area contributed by atoms with E-state index in [0.29, 0.717) is 0 Å². The summed E-state index contributed by atoms with van der Waals surface area (Å²) in [6.07, 6.45) is 3.07. The van der Waals surface area contributed by atoms with E-state index in [1.807, 2.05) is 6.07 Å². The van der Waals surface area contributed by atoms with Crippen molar-refractivity contribution in [3.05, 3.63) is 17.7 Å². The highest BCUT2D eigenvalue weighted by atomic mass is 32.2. The first-order chi connectivity index (χ1) is 9.80. The van der Waals surface area contributed by atoms with E-state index in [9.17, 15) is 0 Å². The molecule has 5 heteroatoms. The van der Waals surface area contributed by atoms with E-state index in [1.165, 1.54) is 5.56 Å². The summed E-state index contributed by atoms with van der Waals surface area (Å²) in [5.74, 6) is 1.85. The first-order valence-electron chi connectivity index (χ1n) is 7.01. The standard InChI is InChI=1S/C15H24N2O2S/c1-18-13-5-4-12(14(19-2)15(13)20-3)6-9-17-10-7-16-8-11-17/h4-5,16H,6-11H2,1-3H3. The molecule has 0 aromatic heterocycles. The molecule has 112 valence electrons. The molecule has 0 unspecified atom stereocenters. The van der Waals surface area contributed by atoms with Gasteiger partial charge in [0, 0.05) is 32.7 Å². The van der Waals surface area contributed by atoms with Crippen molar-refractivity contribution < 1.29 is 9.47 Å². The van der Waals surface area contributed by atoms with Crippen LogP contribution in [0.5, 0.6) is 11.5 Å². The van der Waals surface area contributed by atoms with Crippen molar-refractivity contribution in [1.29, 1.82) is 0 Å². The summed E-state index contributed by atoms with van der Waals surface area (Å²) < 4.78 is 11.0. The van der Waals surface area contributed by atoms with Gasteiger partial charge in [-0.25, -0.2) is 0 Å². The van der Waals surface area contributed by atoms with Gasteiger partial charge < -0.3 is 19.7 Å². The molecule has 0 amide bonds. The van der Waals surface area contributed by atoms with Crippen molar-refractivity contribution in [1.82, 2.24) is 10.2 Å². The smallest absolute Gasteiger partial charge is 0.139 e. The number of ether oxygens (including phenoxy) is 2. The van der Waals surface area contributed by atoms with Crippen LogP contribution >= 0.6 is 11.8 Å².